The Morgan fingerprint density at radius 2 is 2.21 bits per heavy atom. The molecule has 3 rings (SSSR count). The molecule has 2 aliphatic rings. The van der Waals surface area contributed by atoms with Crippen LogP contribution in [-0.2, 0) is 15.2 Å². The second-order valence-electron chi connectivity index (χ2n) is 4.20. The molecule has 0 aliphatic carbocycles. The summed E-state index contributed by atoms with van der Waals surface area (Å²) in [6.07, 6.45) is 0. The first-order valence-electron chi connectivity index (χ1n) is 5.31. The van der Waals surface area contributed by atoms with E-state index in [1.54, 1.807) is 0 Å². The number of rotatable bonds is 1. The summed E-state index contributed by atoms with van der Waals surface area (Å²) < 4.78 is 13.3. The highest BCUT2D eigenvalue weighted by atomic mass is 32.2. The lowest BCUT2D eigenvalue weighted by Crippen LogP contribution is -2.46. The van der Waals surface area contributed by atoms with Crippen LogP contribution in [-0.4, -0.2) is 27.3 Å². The van der Waals surface area contributed by atoms with Crippen LogP contribution in [0.5, 0.6) is 0 Å². The van der Waals surface area contributed by atoms with E-state index in [9.17, 15) is 19.1 Å². The number of hydrogen-bond donors (Lipinski definition) is 3. The van der Waals surface area contributed by atoms with Gasteiger partial charge in [-0.15, -0.1) is 0 Å². The van der Waals surface area contributed by atoms with Crippen LogP contribution in [0.4, 0.5) is 10.1 Å². The number of anilines is 1. The first-order chi connectivity index (χ1) is 8.92. The van der Waals surface area contributed by atoms with Crippen molar-refractivity contribution in [2.24, 2.45) is 10.7 Å². The van der Waals surface area contributed by atoms with Crippen molar-refractivity contribution in [1.82, 2.24) is 0 Å². The molecule has 0 spiro atoms. The lowest BCUT2D eigenvalue weighted by atomic mass is 9.91. The van der Waals surface area contributed by atoms with Crippen LogP contribution in [0.2, 0.25) is 0 Å². The Morgan fingerprint density at radius 3 is 2.84 bits per heavy atom. The standard InChI is InChI=1S/C11H8FN3O3S/c12-4-1-2-6-5(3-4)11(18,9(17)14-6)7-8(16)15-10(13)19-7/h1-3,7,18H,(H,14,17)(H2,13,15,16)/t7-,11+/m1/s1. The number of hydrogen-bond acceptors (Lipinski definition) is 5. The number of carbonyl (C=O) groups is 2. The number of nitrogens with zero attached hydrogens (tertiary/aromatic N) is 1. The Hall–Kier alpha value is -1.93. The molecule has 19 heavy (non-hydrogen) atoms. The number of amidine groups is 1. The first-order valence-corrected chi connectivity index (χ1v) is 6.19. The number of aliphatic hydroxyl groups is 1. The SMILES string of the molecule is NC1=NC(=O)[C@H]([C@]2(O)C(=O)Nc3ccc(F)cc32)S1. The van der Waals surface area contributed by atoms with Crippen molar-refractivity contribution < 1.29 is 19.1 Å². The number of halogens is 1. The van der Waals surface area contributed by atoms with Crippen molar-refractivity contribution in [3.05, 3.63) is 29.6 Å². The maximum absolute atomic E-state index is 13.3. The molecule has 0 saturated carbocycles. The third kappa shape index (κ3) is 1.57. The summed E-state index contributed by atoms with van der Waals surface area (Å²) in [5, 5.41) is 11.8. The van der Waals surface area contributed by atoms with Gasteiger partial charge in [-0.05, 0) is 18.2 Å². The van der Waals surface area contributed by atoms with E-state index in [4.69, 9.17) is 5.73 Å². The van der Waals surface area contributed by atoms with Gasteiger partial charge in [0.15, 0.2) is 10.8 Å². The van der Waals surface area contributed by atoms with Gasteiger partial charge in [0.05, 0.1) is 0 Å². The van der Waals surface area contributed by atoms with Crippen molar-refractivity contribution in [3.8, 4) is 0 Å². The molecule has 2 heterocycles. The third-order valence-electron chi connectivity index (χ3n) is 3.05. The number of amides is 2. The number of carbonyl (C=O) groups excluding carboxylic acids is 2. The number of nitrogens with one attached hydrogen (secondary N) is 1. The predicted molar refractivity (Wildman–Crippen MR) is 66.9 cm³/mol. The quantitative estimate of drug-likeness (QED) is 0.668. The van der Waals surface area contributed by atoms with Crippen LogP contribution in [0, 0.1) is 5.82 Å². The third-order valence-corrected chi connectivity index (χ3v) is 4.16. The van der Waals surface area contributed by atoms with E-state index in [2.05, 4.69) is 10.3 Å². The van der Waals surface area contributed by atoms with Crippen molar-refractivity contribution in [2.45, 2.75) is 10.9 Å². The topological polar surface area (TPSA) is 105 Å². The zero-order valence-electron chi connectivity index (χ0n) is 9.38. The first kappa shape index (κ1) is 12.1. The second kappa shape index (κ2) is 3.78. The second-order valence-corrected chi connectivity index (χ2v) is 5.32. The van der Waals surface area contributed by atoms with Gasteiger partial charge in [0, 0.05) is 11.3 Å². The zero-order valence-corrected chi connectivity index (χ0v) is 10.2. The molecule has 0 radical (unpaired) electrons. The minimum atomic E-state index is -2.16. The summed E-state index contributed by atoms with van der Waals surface area (Å²) in [4.78, 5) is 27.1. The van der Waals surface area contributed by atoms with Crippen LogP contribution in [0.1, 0.15) is 5.56 Å². The van der Waals surface area contributed by atoms with E-state index >= 15 is 0 Å². The average Bonchev–Trinajstić information content (AvgIpc) is 2.80. The molecule has 0 aromatic heterocycles. The van der Waals surface area contributed by atoms with Gasteiger partial charge in [0.25, 0.3) is 11.8 Å². The zero-order chi connectivity index (χ0) is 13.8. The van der Waals surface area contributed by atoms with Crippen LogP contribution in [0.25, 0.3) is 0 Å². The number of nitrogens with two attached hydrogens (primary N) is 1. The summed E-state index contributed by atoms with van der Waals surface area (Å²) >= 11 is 0.788. The van der Waals surface area contributed by atoms with Gasteiger partial charge in [-0.25, -0.2) is 4.39 Å². The molecule has 1 aromatic rings. The summed E-state index contributed by atoms with van der Waals surface area (Å²) in [6, 6.07) is 3.50. The Labute approximate surface area is 110 Å². The van der Waals surface area contributed by atoms with E-state index in [0.717, 1.165) is 23.9 Å². The van der Waals surface area contributed by atoms with Gasteiger partial charge in [0.1, 0.15) is 11.1 Å². The number of thioether (sulfide) groups is 1. The van der Waals surface area contributed by atoms with Crippen molar-refractivity contribution in [1.29, 1.82) is 0 Å². The molecule has 98 valence electrons. The molecule has 1 aromatic carbocycles. The van der Waals surface area contributed by atoms with E-state index in [1.165, 1.54) is 6.07 Å². The van der Waals surface area contributed by atoms with Crippen molar-refractivity contribution >= 4 is 34.4 Å². The highest BCUT2D eigenvalue weighted by molar-refractivity contribution is 8.15. The van der Waals surface area contributed by atoms with Crippen LogP contribution < -0.4 is 11.1 Å². The summed E-state index contributed by atoms with van der Waals surface area (Å²) in [5.74, 6) is -2.11. The van der Waals surface area contributed by atoms with Crippen molar-refractivity contribution in [3.63, 3.8) is 0 Å². The largest absolute Gasteiger partial charge is 0.378 e. The summed E-state index contributed by atoms with van der Waals surface area (Å²) in [6.45, 7) is 0. The smallest absolute Gasteiger partial charge is 0.265 e. The van der Waals surface area contributed by atoms with E-state index < -0.39 is 28.5 Å². The van der Waals surface area contributed by atoms with Gasteiger partial charge in [0.2, 0.25) is 0 Å². The molecule has 0 fully saturated rings. The van der Waals surface area contributed by atoms with Crippen LogP contribution in [0.15, 0.2) is 23.2 Å². The number of benzene rings is 1. The molecule has 2 atom stereocenters. The molecule has 2 aliphatic heterocycles. The lowest BCUT2D eigenvalue weighted by Gasteiger charge is -2.24. The molecule has 0 unspecified atom stereocenters. The predicted octanol–water partition coefficient (Wildman–Crippen LogP) is -0.0779. The summed E-state index contributed by atoms with van der Waals surface area (Å²) in [7, 11) is 0. The van der Waals surface area contributed by atoms with Gasteiger partial charge >= 0.3 is 0 Å². The van der Waals surface area contributed by atoms with Gasteiger partial charge < -0.3 is 16.2 Å². The average molecular weight is 281 g/mol. The molecule has 4 N–H and O–H groups in total. The number of aliphatic imine (C=N–C) groups is 1. The Kier molecular flexibility index (Phi) is 2.41. The normalized spacial score (nSPS) is 29.2. The van der Waals surface area contributed by atoms with E-state index in [0.29, 0.717) is 0 Å². The Morgan fingerprint density at radius 1 is 1.47 bits per heavy atom. The highest BCUT2D eigenvalue weighted by Crippen LogP contribution is 2.44. The fourth-order valence-electron chi connectivity index (χ4n) is 2.17. The fraction of sp³-hybridized carbons (Fsp3) is 0.182. The van der Waals surface area contributed by atoms with Crippen molar-refractivity contribution in [2.75, 3.05) is 5.32 Å². The maximum atomic E-state index is 13.3. The van der Waals surface area contributed by atoms with Crippen LogP contribution >= 0.6 is 11.8 Å². The van der Waals surface area contributed by atoms with E-state index in [-0.39, 0.29) is 16.4 Å². The van der Waals surface area contributed by atoms with Gasteiger partial charge in [-0.1, -0.05) is 11.8 Å². The minimum Gasteiger partial charge on any atom is -0.378 e. The minimum absolute atomic E-state index is 0.0215. The fourth-order valence-corrected chi connectivity index (χ4v) is 3.11. The van der Waals surface area contributed by atoms with Gasteiger partial charge in [-0.2, -0.15) is 4.99 Å². The molecule has 0 bridgehead atoms. The van der Waals surface area contributed by atoms with Gasteiger partial charge in [-0.3, -0.25) is 9.59 Å². The molecular formula is C11H8FN3O3S. The molecular weight excluding hydrogens is 273 g/mol. The molecule has 0 saturated heterocycles. The van der Waals surface area contributed by atoms with Crippen LogP contribution in [0.3, 0.4) is 0 Å². The van der Waals surface area contributed by atoms with E-state index in [1.807, 2.05) is 0 Å². The Bertz CT molecular complexity index is 648. The summed E-state index contributed by atoms with van der Waals surface area (Å²) in [5.41, 5.74) is 3.54. The number of fused-ring (bicyclic) bond motifs is 1. The highest BCUT2D eigenvalue weighted by Gasteiger charge is 2.56. The molecule has 8 heteroatoms. The molecule has 6 nitrogen and oxygen atoms in total. The monoisotopic (exact) mass is 281 g/mol. The lowest BCUT2D eigenvalue weighted by molar-refractivity contribution is -0.138. The Balaban J connectivity index is 2.13. The maximum Gasteiger partial charge on any atom is 0.265 e. The molecule has 2 amide bonds.